The van der Waals surface area contributed by atoms with Gasteiger partial charge >= 0.3 is 0 Å². The molecule has 1 aromatic carbocycles. The summed E-state index contributed by atoms with van der Waals surface area (Å²) in [6, 6.07) is 5.27. The van der Waals surface area contributed by atoms with Crippen molar-refractivity contribution in [2.24, 2.45) is 28.9 Å². The molecule has 4 nitrogen and oxygen atoms in total. The summed E-state index contributed by atoms with van der Waals surface area (Å²) in [4.78, 5) is 8.08. The molecule has 0 amide bonds. The maximum absolute atomic E-state index is 9.63. The average molecular weight is 297 g/mol. The first-order valence-electron chi connectivity index (χ1n) is 8.55. The maximum atomic E-state index is 9.63. The summed E-state index contributed by atoms with van der Waals surface area (Å²) < 4.78 is 0. The number of nitrogens with two attached hydrogens (primary N) is 1. The molecule has 4 N–H and O–H groups in total. The Labute approximate surface area is 130 Å². The van der Waals surface area contributed by atoms with Crippen LogP contribution in [0.15, 0.2) is 18.2 Å². The smallest absolute Gasteiger partial charge is 0.124 e. The summed E-state index contributed by atoms with van der Waals surface area (Å²) >= 11 is 0. The number of aromatic hydroxyl groups is 1. The van der Waals surface area contributed by atoms with Gasteiger partial charge < -0.3 is 15.8 Å². The quantitative estimate of drug-likeness (QED) is 0.794. The molecule has 4 bridgehead atoms. The fourth-order valence-corrected chi connectivity index (χ4v) is 6.01. The number of fused-ring (bicyclic) bond motifs is 1. The second-order valence-electron chi connectivity index (χ2n) is 8.08. The van der Waals surface area contributed by atoms with Gasteiger partial charge in [0.05, 0.1) is 17.1 Å². The molecule has 0 spiro atoms. The van der Waals surface area contributed by atoms with E-state index >= 15 is 0 Å². The maximum Gasteiger partial charge on any atom is 0.124 e. The third-order valence-corrected chi connectivity index (χ3v) is 6.52. The first-order valence-corrected chi connectivity index (χ1v) is 8.55. The highest BCUT2D eigenvalue weighted by Gasteiger charge is 2.54. The molecule has 4 fully saturated rings. The fourth-order valence-electron chi connectivity index (χ4n) is 6.01. The molecule has 1 unspecified atom stereocenters. The van der Waals surface area contributed by atoms with Crippen LogP contribution in [0, 0.1) is 23.2 Å². The standard InChI is InChI=1S/C18H23N3O/c19-16(17-20-14-2-1-13(22)6-15(14)21-17)18-7-10-3-11(8-18)5-12(4-10)9-18/h1-2,6,10-12,16,22H,3-5,7-9,19H2,(H,20,21). The Morgan fingerprint density at radius 1 is 1.14 bits per heavy atom. The van der Waals surface area contributed by atoms with Gasteiger partial charge in [0, 0.05) is 6.07 Å². The molecule has 4 heteroatoms. The highest BCUT2D eigenvalue weighted by Crippen LogP contribution is 2.63. The lowest BCUT2D eigenvalue weighted by Gasteiger charge is -2.58. The number of rotatable bonds is 2. The van der Waals surface area contributed by atoms with Crippen LogP contribution >= 0.6 is 0 Å². The number of nitrogens with one attached hydrogen (secondary N) is 1. The normalized spacial score (nSPS) is 37.8. The minimum absolute atomic E-state index is 0.00422. The first kappa shape index (κ1) is 12.9. The molecule has 4 aliphatic rings. The van der Waals surface area contributed by atoms with Crippen LogP contribution in [0.25, 0.3) is 11.0 Å². The highest BCUT2D eigenvalue weighted by molar-refractivity contribution is 5.76. The Bertz CT molecular complexity index is 700. The van der Waals surface area contributed by atoms with E-state index in [1.807, 2.05) is 6.07 Å². The van der Waals surface area contributed by atoms with Crippen molar-refractivity contribution in [2.75, 3.05) is 0 Å². The SMILES string of the molecule is NC(c1nc2ccc(O)cc2[nH]1)C12CC3CC(CC(C3)C1)C2. The summed E-state index contributed by atoms with van der Waals surface area (Å²) in [7, 11) is 0. The van der Waals surface area contributed by atoms with Crippen molar-refractivity contribution < 1.29 is 5.11 Å². The van der Waals surface area contributed by atoms with Gasteiger partial charge in [-0.05, 0) is 73.8 Å². The third kappa shape index (κ3) is 1.76. The van der Waals surface area contributed by atoms with E-state index in [4.69, 9.17) is 10.7 Å². The van der Waals surface area contributed by atoms with E-state index in [2.05, 4.69) is 4.98 Å². The van der Waals surface area contributed by atoms with Crippen LogP contribution in [0.3, 0.4) is 0 Å². The van der Waals surface area contributed by atoms with Crippen LogP contribution in [0.4, 0.5) is 0 Å². The molecule has 0 aliphatic heterocycles. The molecule has 0 radical (unpaired) electrons. The van der Waals surface area contributed by atoms with Gasteiger partial charge in [0.15, 0.2) is 0 Å². The second kappa shape index (κ2) is 4.25. The number of imidazole rings is 1. The van der Waals surface area contributed by atoms with Crippen molar-refractivity contribution in [1.82, 2.24) is 9.97 Å². The van der Waals surface area contributed by atoms with E-state index in [1.165, 1.54) is 38.5 Å². The van der Waals surface area contributed by atoms with Crippen molar-refractivity contribution in [1.29, 1.82) is 0 Å². The van der Waals surface area contributed by atoms with Crippen molar-refractivity contribution >= 4 is 11.0 Å². The largest absolute Gasteiger partial charge is 0.508 e. The van der Waals surface area contributed by atoms with Gasteiger partial charge in [0.25, 0.3) is 0 Å². The number of nitrogens with zero attached hydrogens (tertiary/aromatic N) is 1. The zero-order chi connectivity index (χ0) is 14.9. The molecule has 4 saturated carbocycles. The van der Waals surface area contributed by atoms with E-state index in [9.17, 15) is 5.11 Å². The molecule has 1 aromatic heterocycles. The van der Waals surface area contributed by atoms with Crippen LogP contribution in [0.1, 0.15) is 50.4 Å². The topological polar surface area (TPSA) is 74.9 Å². The number of benzene rings is 1. The fraction of sp³-hybridized carbons (Fsp3) is 0.611. The van der Waals surface area contributed by atoms with E-state index in [0.717, 1.165) is 34.6 Å². The molecule has 0 saturated heterocycles. The molecule has 22 heavy (non-hydrogen) atoms. The molecule has 6 rings (SSSR count). The molecular formula is C18H23N3O. The number of aromatic nitrogens is 2. The van der Waals surface area contributed by atoms with Gasteiger partial charge in [-0.2, -0.15) is 0 Å². The number of H-pyrrole nitrogens is 1. The zero-order valence-electron chi connectivity index (χ0n) is 12.8. The van der Waals surface area contributed by atoms with Crippen molar-refractivity contribution in [3.63, 3.8) is 0 Å². The van der Waals surface area contributed by atoms with Crippen LogP contribution in [-0.4, -0.2) is 15.1 Å². The number of phenolic OH excluding ortho intramolecular Hbond substituents is 1. The lowest BCUT2D eigenvalue weighted by atomic mass is 9.47. The monoisotopic (exact) mass is 297 g/mol. The number of hydrogen-bond donors (Lipinski definition) is 3. The Morgan fingerprint density at radius 2 is 1.77 bits per heavy atom. The number of phenols is 1. The number of aromatic amines is 1. The molecule has 1 heterocycles. The molecule has 4 aliphatic carbocycles. The van der Waals surface area contributed by atoms with E-state index in [-0.39, 0.29) is 17.2 Å². The minimum Gasteiger partial charge on any atom is -0.508 e. The second-order valence-corrected chi connectivity index (χ2v) is 8.08. The predicted octanol–water partition coefficient (Wildman–Crippen LogP) is 3.48. The van der Waals surface area contributed by atoms with Crippen molar-refractivity contribution in [3.05, 3.63) is 24.0 Å². The summed E-state index contributed by atoms with van der Waals surface area (Å²) in [5.41, 5.74) is 8.78. The lowest BCUT2D eigenvalue weighted by molar-refractivity contribution is -0.0690. The molecule has 2 aromatic rings. The third-order valence-electron chi connectivity index (χ3n) is 6.52. The van der Waals surface area contributed by atoms with Crippen molar-refractivity contribution in [2.45, 2.75) is 44.6 Å². The van der Waals surface area contributed by atoms with Gasteiger partial charge in [-0.15, -0.1) is 0 Å². The van der Waals surface area contributed by atoms with Crippen LogP contribution in [0.2, 0.25) is 0 Å². The van der Waals surface area contributed by atoms with Crippen LogP contribution in [0.5, 0.6) is 5.75 Å². The average Bonchev–Trinajstić information content (AvgIpc) is 2.87. The molecule has 116 valence electrons. The van der Waals surface area contributed by atoms with Gasteiger partial charge in [0.1, 0.15) is 11.6 Å². The predicted molar refractivity (Wildman–Crippen MR) is 85.3 cm³/mol. The minimum atomic E-state index is -0.00422. The molecule has 1 atom stereocenters. The lowest BCUT2D eigenvalue weighted by Crippen LogP contribution is -2.51. The van der Waals surface area contributed by atoms with E-state index in [1.54, 1.807) is 12.1 Å². The Hall–Kier alpha value is -1.55. The van der Waals surface area contributed by atoms with E-state index < -0.39 is 0 Å². The van der Waals surface area contributed by atoms with E-state index in [0.29, 0.717) is 0 Å². The first-order chi connectivity index (χ1) is 10.6. The van der Waals surface area contributed by atoms with Gasteiger partial charge in [-0.3, -0.25) is 0 Å². The van der Waals surface area contributed by atoms with Gasteiger partial charge in [0.2, 0.25) is 0 Å². The van der Waals surface area contributed by atoms with Gasteiger partial charge in [-0.25, -0.2) is 4.98 Å². The molecular weight excluding hydrogens is 274 g/mol. The Balaban J connectivity index is 1.53. The Morgan fingerprint density at radius 3 is 2.41 bits per heavy atom. The zero-order valence-corrected chi connectivity index (χ0v) is 12.8. The highest BCUT2D eigenvalue weighted by atomic mass is 16.3. The van der Waals surface area contributed by atoms with Crippen LogP contribution in [-0.2, 0) is 0 Å². The summed E-state index contributed by atoms with van der Waals surface area (Å²) in [5.74, 6) is 3.86. The Kier molecular flexibility index (Phi) is 2.50. The number of hydrogen-bond acceptors (Lipinski definition) is 3. The summed E-state index contributed by atoms with van der Waals surface area (Å²) in [6.45, 7) is 0. The summed E-state index contributed by atoms with van der Waals surface area (Å²) in [6.07, 6.45) is 8.13. The van der Waals surface area contributed by atoms with Crippen molar-refractivity contribution in [3.8, 4) is 5.75 Å². The van der Waals surface area contributed by atoms with Gasteiger partial charge in [-0.1, -0.05) is 0 Å². The summed E-state index contributed by atoms with van der Waals surface area (Å²) in [5, 5.41) is 9.63. The van der Waals surface area contributed by atoms with Crippen LogP contribution < -0.4 is 5.73 Å².